The molecule has 2 nitrogen and oxygen atoms in total. The van der Waals surface area contributed by atoms with Crippen LogP contribution in [0.5, 0.6) is 0 Å². The average Bonchev–Trinajstić information content (AvgIpc) is 2.04. The second-order valence-electron chi connectivity index (χ2n) is 1.82. The normalized spacial score (nSPS) is 10.7. The van der Waals surface area contributed by atoms with Crippen molar-refractivity contribution in [2.24, 2.45) is 0 Å². The Balaban J connectivity index is 2.73. The second kappa shape index (κ2) is 4.62. The van der Waals surface area contributed by atoms with Crippen LogP contribution in [0.15, 0.2) is 23.1 Å². The minimum absolute atomic E-state index is 0.758. The lowest BCUT2D eigenvalue weighted by molar-refractivity contribution is 1.15. The van der Waals surface area contributed by atoms with Crippen LogP contribution in [0.4, 0.5) is 0 Å². The fourth-order valence-corrected chi connectivity index (χ4v) is 0.965. The lowest BCUT2D eigenvalue weighted by Crippen LogP contribution is -1.82. The maximum atomic E-state index is 4.10. The Labute approximate surface area is 82.0 Å². The first-order valence-electron chi connectivity index (χ1n) is 3.03. The summed E-state index contributed by atoms with van der Waals surface area (Å²) in [6, 6.07) is 0. The van der Waals surface area contributed by atoms with Crippen LogP contribution in [-0.2, 0) is 0 Å². The van der Waals surface area contributed by atoms with Crippen LogP contribution in [0, 0.1) is 0 Å². The molecule has 0 spiro atoms. The lowest BCUT2D eigenvalue weighted by atomic mass is 10.4. The number of rotatable bonds is 2. The zero-order valence-electron chi connectivity index (χ0n) is 5.67. The molecule has 0 saturated heterocycles. The minimum atomic E-state index is 0.758. The molecule has 1 aromatic heterocycles. The van der Waals surface area contributed by atoms with Crippen molar-refractivity contribution in [3.63, 3.8) is 0 Å². The van der Waals surface area contributed by atoms with Crippen LogP contribution >= 0.6 is 31.9 Å². The third-order valence-electron chi connectivity index (χ3n) is 1.02. The van der Waals surface area contributed by atoms with Crippen molar-refractivity contribution in [3.8, 4) is 0 Å². The summed E-state index contributed by atoms with van der Waals surface area (Å²) in [6.45, 7) is 0. The third-order valence-corrected chi connectivity index (χ3v) is 1.80. The zero-order valence-corrected chi connectivity index (χ0v) is 8.84. The van der Waals surface area contributed by atoms with Crippen molar-refractivity contribution < 1.29 is 0 Å². The van der Waals surface area contributed by atoms with Gasteiger partial charge in [0.25, 0.3) is 0 Å². The number of allylic oxidation sites excluding steroid dienone is 1. The molecule has 0 amide bonds. The minimum Gasteiger partial charge on any atom is -0.252 e. The Hall–Kier alpha value is -0.220. The molecule has 58 valence electrons. The predicted molar refractivity (Wildman–Crippen MR) is 52.6 cm³/mol. The van der Waals surface area contributed by atoms with Gasteiger partial charge in [-0.3, -0.25) is 4.98 Å². The van der Waals surface area contributed by atoms with E-state index in [1.54, 1.807) is 12.4 Å². The Morgan fingerprint density at radius 2 is 2.18 bits per heavy atom. The molecule has 0 N–H and O–H groups in total. The van der Waals surface area contributed by atoms with Gasteiger partial charge in [-0.25, -0.2) is 4.98 Å². The maximum absolute atomic E-state index is 4.10. The molecule has 0 aliphatic carbocycles. The second-order valence-corrected chi connectivity index (χ2v) is 3.28. The molecule has 0 bridgehead atoms. The van der Waals surface area contributed by atoms with Gasteiger partial charge in [-0.1, -0.05) is 22.0 Å². The highest BCUT2D eigenvalue weighted by molar-refractivity contribution is 9.10. The quantitative estimate of drug-likeness (QED) is 0.777. The van der Waals surface area contributed by atoms with Crippen molar-refractivity contribution in [1.29, 1.82) is 0 Å². The van der Waals surface area contributed by atoms with Gasteiger partial charge in [-0.2, -0.15) is 0 Å². The first-order chi connectivity index (χ1) is 5.33. The molecular formula is C7H6Br2N2. The Kier molecular flexibility index (Phi) is 3.72. The average molecular weight is 278 g/mol. The number of nitrogens with zero attached hydrogens (tertiary/aromatic N) is 2. The molecule has 0 unspecified atom stereocenters. The van der Waals surface area contributed by atoms with E-state index in [1.807, 2.05) is 12.2 Å². The van der Waals surface area contributed by atoms with E-state index in [0.29, 0.717) is 0 Å². The lowest BCUT2D eigenvalue weighted by Gasteiger charge is -1.90. The van der Waals surface area contributed by atoms with Crippen molar-refractivity contribution in [2.75, 3.05) is 5.33 Å². The van der Waals surface area contributed by atoms with E-state index < -0.39 is 0 Å². The van der Waals surface area contributed by atoms with Gasteiger partial charge in [0, 0.05) is 5.33 Å². The molecule has 1 rings (SSSR count). The topological polar surface area (TPSA) is 25.8 Å². The largest absolute Gasteiger partial charge is 0.252 e. The van der Waals surface area contributed by atoms with Crippen LogP contribution < -0.4 is 0 Å². The molecule has 1 heterocycles. The van der Waals surface area contributed by atoms with Crippen molar-refractivity contribution in [2.45, 2.75) is 0 Å². The summed E-state index contributed by atoms with van der Waals surface area (Å²) in [5, 5.41) is 0.838. The number of hydrogen-bond donors (Lipinski definition) is 0. The van der Waals surface area contributed by atoms with Gasteiger partial charge >= 0.3 is 0 Å². The molecule has 0 aromatic carbocycles. The van der Waals surface area contributed by atoms with Gasteiger partial charge in [0.2, 0.25) is 0 Å². The Morgan fingerprint density at radius 3 is 2.73 bits per heavy atom. The highest BCUT2D eigenvalue weighted by atomic mass is 79.9. The number of halogens is 2. The summed E-state index contributed by atoms with van der Waals surface area (Å²) < 4.78 is 0.758. The van der Waals surface area contributed by atoms with Gasteiger partial charge < -0.3 is 0 Å². The predicted octanol–water partition coefficient (Wildman–Crippen LogP) is 2.65. The summed E-state index contributed by atoms with van der Waals surface area (Å²) in [5.41, 5.74) is 0.868. The van der Waals surface area contributed by atoms with Crippen molar-refractivity contribution in [1.82, 2.24) is 9.97 Å². The maximum Gasteiger partial charge on any atom is 0.124 e. The molecule has 4 heteroatoms. The molecule has 0 aliphatic rings. The van der Waals surface area contributed by atoms with E-state index in [2.05, 4.69) is 41.8 Å². The van der Waals surface area contributed by atoms with Gasteiger partial charge in [0.05, 0.1) is 18.1 Å². The molecule has 1 aromatic rings. The summed E-state index contributed by atoms with van der Waals surface area (Å²) in [4.78, 5) is 8.12. The van der Waals surface area contributed by atoms with Crippen LogP contribution in [0.1, 0.15) is 5.69 Å². The number of aromatic nitrogens is 2. The summed E-state index contributed by atoms with van der Waals surface area (Å²) >= 11 is 6.48. The van der Waals surface area contributed by atoms with Gasteiger partial charge in [-0.05, 0) is 22.0 Å². The van der Waals surface area contributed by atoms with Crippen molar-refractivity contribution >= 4 is 37.9 Å². The number of alkyl halides is 1. The van der Waals surface area contributed by atoms with E-state index >= 15 is 0 Å². The van der Waals surface area contributed by atoms with Gasteiger partial charge in [-0.15, -0.1) is 0 Å². The van der Waals surface area contributed by atoms with Crippen LogP contribution in [0.2, 0.25) is 0 Å². The number of hydrogen-bond acceptors (Lipinski definition) is 2. The van der Waals surface area contributed by atoms with E-state index in [1.165, 1.54) is 0 Å². The monoisotopic (exact) mass is 276 g/mol. The third kappa shape index (κ3) is 3.12. The van der Waals surface area contributed by atoms with Crippen LogP contribution in [0.3, 0.4) is 0 Å². The summed E-state index contributed by atoms with van der Waals surface area (Å²) in [6.07, 6.45) is 7.27. The molecular weight excluding hydrogens is 272 g/mol. The zero-order chi connectivity index (χ0) is 8.10. The van der Waals surface area contributed by atoms with E-state index in [4.69, 9.17) is 0 Å². The molecule has 0 fully saturated rings. The molecule has 0 radical (unpaired) electrons. The van der Waals surface area contributed by atoms with Crippen molar-refractivity contribution in [3.05, 3.63) is 28.8 Å². The van der Waals surface area contributed by atoms with Crippen LogP contribution in [-0.4, -0.2) is 15.3 Å². The SMILES string of the molecule is BrCC=Cc1cnc(Br)cn1. The Bertz CT molecular complexity index is 243. The highest BCUT2D eigenvalue weighted by Gasteiger charge is 1.88. The molecule has 0 saturated carbocycles. The Morgan fingerprint density at radius 1 is 1.36 bits per heavy atom. The molecule has 11 heavy (non-hydrogen) atoms. The smallest absolute Gasteiger partial charge is 0.124 e. The standard InChI is InChI=1S/C7H6Br2N2/c8-3-1-2-6-4-11-7(9)5-10-6/h1-2,4-5H,3H2. The van der Waals surface area contributed by atoms with Gasteiger partial charge in [0.1, 0.15) is 4.60 Å². The molecule has 0 aliphatic heterocycles. The van der Waals surface area contributed by atoms with Crippen LogP contribution in [0.25, 0.3) is 6.08 Å². The first kappa shape index (κ1) is 8.87. The van der Waals surface area contributed by atoms with Gasteiger partial charge in [0.15, 0.2) is 0 Å². The van der Waals surface area contributed by atoms with E-state index in [9.17, 15) is 0 Å². The fraction of sp³-hybridized carbons (Fsp3) is 0.143. The first-order valence-corrected chi connectivity index (χ1v) is 4.94. The summed E-state index contributed by atoms with van der Waals surface area (Å²) in [5.74, 6) is 0. The summed E-state index contributed by atoms with van der Waals surface area (Å²) in [7, 11) is 0. The fourth-order valence-electron chi connectivity index (χ4n) is 0.574. The van der Waals surface area contributed by atoms with E-state index in [-0.39, 0.29) is 0 Å². The highest BCUT2D eigenvalue weighted by Crippen LogP contribution is 2.03. The molecule has 0 atom stereocenters. The van der Waals surface area contributed by atoms with E-state index in [0.717, 1.165) is 15.6 Å².